The van der Waals surface area contributed by atoms with E-state index in [0.29, 0.717) is 5.56 Å². The van der Waals surface area contributed by atoms with Crippen molar-refractivity contribution >= 4 is 35.1 Å². The normalized spacial score (nSPS) is 15.5. The fourth-order valence-electron chi connectivity index (χ4n) is 3.36. The minimum absolute atomic E-state index is 0.00516. The van der Waals surface area contributed by atoms with E-state index in [-0.39, 0.29) is 41.4 Å². The SMILES string of the molecule is COC(=O)c1cc(NC(=O)C2CC(=O)N(c3ccc(C)cc3F)C2)cc(C(=O)OC)c1. The van der Waals surface area contributed by atoms with Gasteiger partial charge >= 0.3 is 11.9 Å². The molecule has 1 unspecified atom stereocenters. The van der Waals surface area contributed by atoms with Gasteiger partial charge in [-0.15, -0.1) is 0 Å². The molecule has 31 heavy (non-hydrogen) atoms. The molecule has 2 aromatic carbocycles. The number of carbonyl (C=O) groups excluding carboxylic acids is 4. The van der Waals surface area contributed by atoms with Crippen LogP contribution in [0.5, 0.6) is 0 Å². The maximum Gasteiger partial charge on any atom is 0.337 e. The zero-order valence-electron chi connectivity index (χ0n) is 17.2. The largest absolute Gasteiger partial charge is 0.465 e. The van der Waals surface area contributed by atoms with Crippen molar-refractivity contribution in [1.29, 1.82) is 0 Å². The van der Waals surface area contributed by atoms with Crippen LogP contribution in [-0.4, -0.2) is 44.5 Å². The summed E-state index contributed by atoms with van der Waals surface area (Å²) < 4.78 is 23.6. The Morgan fingerprint density at radius 3 is 2.19 bits per heavy atom. The van der Waals surface area contributed by atoms with Crippen molar-refractivity contribution in [3.05, 3.63) is 58.9 Å². The van der Waals surface area contributed by atoms with Crippen molar-refractivity contribution in [3.63, 3.8) is 0 Å². The van der Waals surface area contributed by atoms with Gasteiger partial charge in [0.1, 0.15) is 5.82 Å². The Bertz CT molecular complexity index is 1030. The molecule has 1 aliphatic heterocycles. The zero-order valence-corrected chi connectivity index (χ0v) is 17.2. The molecule has 162 valence electrons. The maximum absolute atomic E-state index is 14.3. The molecule has 0 aliphatic carbocycles. The second-order valence-electron chi connectivity index (χ2n) is 7.13. The van der Waals surface area contributed by atoms with Crippen LogP contribution in [0.4, 0.5) is 15.8 Å². The number of esters is 2. The van der Waals surface area contributed by atoms with Crippen LogP contribution in [0.25, 0.3) is 0 Å². The molecular weight excluding hydrogens is 407 g/mol. The van der Waals surface area contributed by atoms with E-state index < -0.39 is 29.6 Å². The summed E-state index contributed by atoms with van der Waals surface area (Å²) in [5.41, 5.74) is 1.10. The monoisotopic (exact) mass is 428 g/mol. The number of benzene rings is 2. The lowest BCUT2D eigenvalue weighted by atomic mass is 10.1. The van der Waals surface area contributed by atoms with Gasteiger partial charge in [-0.1, -0.05) is 6.07 Å². The first kappa shape index (κ1) is 21.9. The van der Waals surface area contributed by atoms with Crippen LogP contribution in [0.15, 0.2) is 36.4 Å². The minimum Gasteiger partial charge on any atom is -0.465 e. The predicted molar refractivity (Wildman–Crippen MR) is 109 cm³/mol. The number of amides is 2. The highest BCUT2D eigenvalue weighted by molar-refractivity contribution is 6.04. The lowest BCUT2D eigenvalue weighted by molar-refractivity contribution is -0.122. The summed E-state index contributed by atoms with van der Waals surface area (Å²) in [4.78, 5) is 50.2. The van der Waals surface area contributed by atoms with Crippen molar-refractivity contribution in [1.82, 2.24) is 0 Å². The average molecular weight is 428 g/mol. The summed E-state index contributed by atoms with van der Waals surface area (Å²) in [5, 5.41) is 2.61. The number of carbonyl (C=O) groups is 4. The second kappa shape index (κ2) is 8.95. The van der Waals surface area contributed by atoms with Crippen LogP contribution in [0.3, 0.4) is 0 Å². The van der Waals surface area contributed by atoms with Gasteiger partial charge in [0.25, 0.3) is 0 Å². The minimum atomic E-state index is -0.739. The molecule has 9 heteroatoms. The first-order chi connectivity index (χ1) is 14.7. The number of nitrogens with zero attached hydrogens (tertiary/aromatic N) is 1. The van der Waals surface area contributed by atoms with E-state index in [4.69, 9.17) is 0 Å². The third-order valence-electron chi connectivity index (χ3n) is 4.93. The van der Waals surface area contributed by atoms with Crippen LogP contribution in [-0.2, 0) is 19.1 Å². The Morgan fingerprint density at radius 2 is 1.65 bits per heavy atom. The van der Waals surface area contributed by atoms with Gasteiger partial charge < -0.3 is 19.7 Å². The van der Waals surface area contributed by atoms with Gasteiger partial charge in [0.15, 0.2) is 0 Å². The Balaban J connectivity index is 1.80. The number of methoxy groups -OCH3 is 2. The van der Waals surface area contributed by atoms with E-state index in [1.165, 1.54) is 49.5 Å². The number of anilines is 2. The van der Waals surface area contributed by atoms with E-state index in [1.54, 1.807) is 13.0 Å². The van der Waals surface area contributed by atoms with Crippen LogP contribution in [0.2, 0.25) is 0 Å². The molecule has 2 amide bonds. The zero-order chi connectivity index (χ0) is 22.7. The Kier molecular flexibility index (Phi) is 6.33. The third-order valence-corrected chi connectivity index (χ3v) is 4.93. The van der Waals surface area contributed by atoms with Gasteiger partial charge in [0.05, 0.1) is 37.0 Å². The number of halogens is 1. The van der Waals surface area contributed by atoms with Crippen LogP contribution in [0, 0.1) is 18.7 Å². The van der Waals surface area contributed by atoms with E-state index in [2.05, 4.69) is 14.8 Å². The molecule has 0 bridgehead atoms. The molecule has 1 atom stereocenters. The summed E-state index contributed by atoms with van der Waals surface area (Å²) >= 11 is 0. The van der Waals surface area contributed by atoms with E-state index in [1.807, 2.05) is 0 Å². The van der Waals surface area contributed by atoms with Crippen molar-refractivity contribution in [2.45, 2.75) is 13.3 Å². The molecule has 0 saturated carbocycles. The number of hydrogen-bond acceptors (Lipinski definition) is 6. The van der Waals surface area contributed by atoms with Gasteiger partial charge in [0.2, 0.25) is 11.8 Å². The highest BCUT2D eigenvalue weighted by atomic mass is 19.1. The van der Waals surface area contributed by atoms with Crippen LogP contribution >= 0.6 is 0 Å². The van der Waals surface area contributed by atoms with Gasteiger partial charge in [-0.2, -0.15) is 0 Å². The molecule has 1 heterocycles. The first-order valence-electron chi connectivity index (χ1n) is 9.42. The van der Waals surface area contributed by atoms with E-state index in [0.717, 1.165) is 0 Å². The maximum atomic E-state index is 14.3. The molecule has 3 rings (SSSR count). The molecular formula is C22H21FN2O6. The predicted octanol–water partition coefficient (Wildman–Crippen LogP) is 2.70. The van der Waals surface area contributed by atoms with Gasteiger partial charge in [-0.05, 0) is 42.8 Å². The van der Waals surface area contributed by atoms with Gasteiger partial charge in [0, 0.05) is 18.7 Å². The summed E-state index contributed by atoms with van der Waals surface area (Å²) in [6, 6.07) is 8.50. The Hall–Kier alpha value is -3.75. The molecule has 0 aromatic heterocycles. The number of nitrogens with one attached hydrogen (secondary N) is 1. The molecule has 8 nitrogen and oxygen atoms in total. The van der Waals surface area contributed by atoms with Gasteiger partial charge in [-0.25, -0.2) is 14.0 Å². The lowest BCUT2D eigenvalue weighted by Crippen LogP contribution is -2.28. The number of hydrogen-bond donors (Lipinski definition) is 1. The molecule has 1 N–H and O–H groups in total. The summed E-state index contributed by atoms with van der Waals surface area (Å²) in [6.07, 6.45) is -0.0975. The second-order valence-corrected chi connectivity index (χ2v) is 7.13. The Morgan fingerprint density at radius 1 is 1.03 bits per heavy atom. The van der Waals surface area contributed by atoms with Crippen molar-refractivity contribution in [2.24, 2.45) is 5.92 Å². The molecule has 1 saturated heterocycles. The number of ether oxygens (including phenoxy) is 2. The smallest absolute Gasteiger partial charge is 0.337 e. The molecule has 0 spiro atoms. The highest BCUT2D eigenvalue weighted by Gasteiger charge is 2.36. The van der Waals surface area contributed by atoms with E-state index in [9.17, 15) is 23.6 Å². The van der Waals surface area contributed by atoms with Crippen LogP contribution in [0.1, 0.15) is 32.7 Å². The molecule has 0 radical (unpaired) electrons. The lowest BCUT2D eigenvalue weighted by Gasteiger charge is -2.18. The van der Waals surface area contributed by atoms with Crippen molar-refractivity contribution < 1.29 is 33.0 Å². The standard InChI is InChI=1S/C22H21FN2O6/c1-12-4-5-18(17(23)6-12)25-11-15(10-19(25)26)20(27)24-16-8-13(21(28)30-2)7-14(9-16)22(29)31-3/h4-9,15H,10-11H2,1-3H3,(H,24,27). The highest BCUT2D eigenvalue weighted by Crippen LogP contribution is 2.29. The summed E-state index contributed by atoms with van der Waals surface area (Å²) in [5.74, 6) is -3.54. The van der Waals surface area contributed by atoms with E-state index >= 15 is 0 Å². The molecule has 1 fully saturated rings. The first-order valence-corrected chi connectivity index (χ1v) is 9.42. The van der Waals surface area contributed by atoms with Crippen molar-refractivity contribution in [2.75, 3.05) is 31.0 Å². The Labute approximate surface area is 177 Å². The summed E-state index contributed by atoms with van der Waals surface area (Å²) in [7, 11) is 2.38. The average Bonchev–Trinajstić information content (AvgIpc) is 3.13. The third kappa shape index (κ3) is 4.71. The summed E-state index contributed by atoms with van der Waals surface area (Å²) in [6.45, 7) is 1.74. The fourth-order valence-corrected chi connectivity index (χ4v) is 3.36. The number of rotatable bonds is 5. The van der Waals surface area contributed by atoms with Crippen molar-refractivity contribution in [3.8, 4) is 0 Å². The topological polar surface area (TPSA) is 102 Å². The van der Waals surface area contributed by atoms with Gasteiger partial charge in [-0.3, -0.25) is 9.59 Å². The van der Waals surface area contributed by atoms with Crippen LogP contribution < -0.4 is 10.2 Å². The number of aryl methyl sites for hydroxylation is 1. The fraction of sp³-hybridized carbons (Fsp3) is 0.273. The molecule has 2 aromatic rings. The quantitative estimate of drug-likeness (QED) is 0.735. The molecule has 1 aliphatic rings.